The minimum Gasteiger partial charge on any atom is -0.462 e. The lowest BCUT2D eigenvalue weighted by atomic mass is 10.1. The van der Waals surface area contributed by atoms with Crippen molar-refractivity contribution in [1.29, 1.82) is 0 Å². The first-order chi connectivity index (χ1) is 15.0. The first kappa shape index (κ1) is 20.3. The number of nitrogens with one attached hydrogen (secondary N) is 1. The van der Waals surface area contributed by atoms with Gasteiger partial charge in [-0.05, 0) is 25.1 Å². The number of ether oxygens (including phenoxy) is 1. The highest BCUT2D eigenvalue weighted by Crippen LogP contribution is 2.25. The molecule has 0 saturated carbocycles. The summed E-state index contributed by atoms with van der Waals surface area (Å²) in [7, 11) is 0. The lowest BCUT2D eigenvalue weighted by Crippen LogP contribution is -2.49. The molecule has 1 aliphatic rings. The summed E-state index contributed by atoms with van der Waals surface area (Å²) in [6, 6.07) is 7.88. The molecule has 4 rings (SSSR count). The van der Waals surface area contributed by atoms with Gasteiger partial charge in [-0.15, -0.1) is 0 Å². The van der Waals surface area contributed by atoms with E-state index in [0.29, 0.717) is 54.8 Å². The molecule has 1 saturated heterocycles. The Labute approximate surface area is 177 Å². The van der Waals surface area contributed by atoms with Crippen LogP contribution in [0.4, 0.5) is 11.5 Å². The van der Waals surface area contributed by atoms with E-state index in [1.165, 1.54) is 18.3 Å². The lowest BCUT2D eigenvalue weighted by molar-refractivity contribution is -0.384. The van der Waals surface area contributed by atoms with Gasteiger partial charge in [-0.25, -0.2) is 9.78 Å². The molecule has 0 aliphatic carbocycles. The normalized spacial score (nSPS) is 14.0. The molecule has 10 heteroatoms. The summed E-state index contributed by atoms with van der Waals surface area (Å²) < 4.78 is 4.96. The van der Waals surface area contributed by atoms with Crippen molar-refractivity contribution in [3.05, 3.63) is 64.0 Å². The van der Waals surface area contributed by atoms with Crippen LogP contribution in [0.25, 0.3) is 10.9 Å². The van der Waals surface area contributed by atoms with Crippen LogP contribution >= 0.6 is 0 Å². The van der Waals surface area contributed by atoms with E-state index >= 15 is 0 Å². The number of pyridine rings is 1. The minimum absolute atomic E-state index is 0.0525. The Balaban J connectivity index is 1.43. The van der Waals surface area contributed by atoms with Crippen LogP contribution in [0.3, 0.4) is 0 Å². The summed E-state index contributed by atoms with van der Waals surface area (Å²) in [5.41, 5.74) is 1.44. The molecule has 1 aromatic carbocycles. The summed E-state index contributed by atoms with van der Waals surface area (Å²) in [6.07, 6.45) is 3.09. The van der Waals surface area contributed by atoms with E-state index in [1.54, 1.807) is 36.2 Å². The van der Waals surface area contributed by atoms with Crippen LogP contribution in [0.1, 0.15) is 27.6 Å². The highest BCUT2D eigenvalue weighted by atomic mass is 16.6. The maximum atomic E-state index is 13.0. The van der Waals surface area contributed by atoms with Crippen LogP contribution in [-0.2, 0) is 4.74 Å². The number of H-pyrrole nitrogens is 1. The van der Waals surface area contributed by atoms with E-state index in [1.807, 2.05) is 4.90 Å². The van der Waals surface area contributed by atoms with Gasteiger partial charge in [0, 0.05) is 61.6 Å². The third-order valence-corrected chi connectivity index (χ3v) is 5.26. The second-order valence-electron chi connectivity index (χ2n) is 7.09. The number of nitrogens with zero attached hydrogens (tertiary/aromatic N) is 4. The maximum absolute atomic E-state index is 13.0. The summed E-state index contributed by atoms with van der Waals surface area (Å²) >= 11 is 0. The van der Waals surface area contributed by atoms with E-state index in [4.69, 9.17) is 4.74 Å². The van der Waals surface area contributed by atoms with Crippen LogP contribution in [0.5, 0.6) is 0 Å². The molecule has 1 fully saturated rings. The van der Waals surface area contributed by atoms with Crippen molar-refractivity contribution < 1.29 is 19.2 Å². The number of anilines is 1. The molecular formula is C21H21N5O5. The van der Waals surface area contributed by atoms with Crippen molar-refractivity contribution in [1.82, 2.24) is 14.9 Å². The molecule has 0 atom stereocenters. The van der Waals surface area contributed by atoms with E-state index in [-0.39, 0.29) is 11.6 Å². The van der Waals surface area contributed by atoms with Gasteiger partial charge in [-0.3, -0.25) is 14.9 Å². The second-order valence-corrected chi connectivity index (χ2v) is 7.09. The molecule has 0 spiro atoms. The Bertz CT molecular complexity index is 1130. The van der Waals surface area contributed by atoms with Gasteiger partial charge in [-0.1, -0.05) is 0 Å². The molecule has 3 heterocycles. The number of aromatic nitrogens is 2. The zero-order valence-corrected chi connectivity index (χ0v) is 16.9. The molecule has 0 radical (unpaired) electrons. The fraction of sp³-hybridized carbons (Fsp3) is 0.286. The fourth-order valence-electron chi connectivity index (χ4n) is 3.62. The molecule has 1 N–H and O–H groups in total. The second kappa shape index (κ2) is 8.42. The van der Waals surface area contributed by atoms with E-state index < -0.39 is 10.9 Å². The van der Waals surface area contributed by atoms with Gasteiger partial charge in [0.05, 0.1) is 22.7 Å². The van der Waals surface area contributed by atoms with E-state index in [0.717, 1.165) is 5.82 Å². The maximum Gasteiger partial charge on any atom is 0.339 e. The quantitative estimate of drug-likeness (QED) is 0.380. The summed E-state index contributed by atoms with van der Waals surface area (Å²) in [6.45, 7) is 4.20. The standard InChI is InChI=1S/C21H21N5O5/c1-2-31-21(28)14-3-6-19(23-12-14)24-7-9-25(10-8-24)20(27)17-13-22-18-5-4-15(26(29)30)11-16(17)18/h3-6,11-13,22H,2,7-10H2,1H3. The largest absolute Gasteiger partial charge is 0.462 e. The number of benzene rings is 1. The van der Waals surface area contributed by atoms with Gasteiger partial charge in [0.15, 0.2) is 0 Å². The monoisotopic (exact) mass is 423 g/mol. The Hall–Kier alpha value is -3.95. The number of rotatable bonds is 5. The smallest absolute Gasteiger partial charge is 0.339 e. The van der Waals surface area contributed by atoms with Crippen molar-refractivity contribution in [3.8, 4) is 0 Å². The molecule has 1 aliphatic heterocycles. The Kier molecular flexibility index (Phi) is 5.52. The van der Waals surface area contributed by atoms with Crippen molar-refractivity contribution in [2.75, 3.05) is 37.7 Å². The van der Waals surface area contributed by atoms with Gasteiger partial charge in [0.1, 0.15) is 5.82 Å². The topological polar surface area (TPSA) is 122 Å². The SMILES string of the molecule is CCOC(=O)c1ccc(N2CCN(C(=O)c3c[nH]c4ccc([N+](=O)[O-])cc34)CC2)nc1. The molecule has 2 aromatic heterocycles. The van der Waals surface area contributed by atoms with Gasteiger partial charge < -0.3 is 19.5 Å². The summed E-state index contributed by atoms with van der Waals surface area (Å²) in [5, 5.41) is 11.6. The first-order valence-corrected chi connectivity index (χ1v) is 9.91. The number of aromatic amines is 1. The molecule has 3 aromatic rings. The molecule has 31 heavy (non-hydrogen) atoms. The Morgan fingerprint density at radius 1 is 1.19 bits per heavy atom. The van der Waals surface area contributed by atoms with Crippen molar-refractivity contribution in [3.63, 3.8) is 0 Å². The van der Waals surface area contributed by atoms with Crippen LogP contribution < -0.4 is 4.90 Å². The molecule has 0 unspecified atom stereocenters. The predicted molar refractivity (Wildman–Crippen MR) is 113 cm³/mol. The van der Waals surface area contributed by atoms with Crippen LogP contribution in [-0.4, -0.2) is 64.5 Å². The predicted octanol–water partition coefficient (Wildman–Crippen LogP) is 2.61. The molecule has 160 valence electrons. The highest BCUT2D eigenvalue weighted by Gasteiger charge is 2.25. The Morgan fingerprint density at radius 3 is 2.61 bits per heavy atom. The number of esters is 1. The van der Waals surface area contributed by atoms with Crippen LogP contribution in [0.2, 0.25) is 0 Å². The van der Waals surface area contributed by atoms with Crippen LogP contribution in [0, 0.1) is 10.1 Å². The number of hydrogen-bond acceptors (Lipinski definition) is 7. The number of hydrogen-bond donors (Lipinski definition) is 1. The number of nitro benzene ring substituents is 1. The average molecular weight is 423 g/mol. The van der Waals surface area contributed by atoms with E-state index in [2.05, 4.69) is 9.97 Å². The van der Waals surface area contributed by atoms with Gasteiger partial charge in [-0.2, -0.15) is 0 Å². The first-order valence-electron chi connectivity index (χ1n) is 9.91. The molecule has 10 nitrogen and oxygen atoms in total. The third kappa shape index (κ3) is 4.04. The zero-order chi connectivity index (χ0) is 22.0. The number of piperazine rings is 1. The van der Waals surface area contributed by atoms with Crippen molar-refractivity contribution >= 4 is 34.3 Å². The van der Waals surface area contributed by atoms with E-state index in [9.17, 15) is 19.7 Å². The molecular weight excluding hydrogens is 402 g/mol. The van der Waals surface area contributed by atoms with Crippen LogP contribution in [0.15, 0.2) is 42.7 Å². The van der Waals surface area contributed by atoms with Crippen molar-refractivity contribution in [2.45, 2.75) is 6.92 Å². The average Bonchev–Trinajstić information content (AvgIpc) is 3.22. The van der Waals surface area contributed by atoms with Crippen molar-refractivity contribution in [2.24, 2.45) is 0 Å². The highest BCUT2D eigenvalue weighted by molar-refractivity contribution is 6.07. The summed E-state index contributed by atoms with van der Waals surface area (Å²) in [4.78, 5) is 46.5. The molecule has 0 bridgehead atoms. The fourth-order valence-corrected chi connectivity index (χ4v) is 3.62. The third-order valence-electron chi connectivity index (χ3n) is 5.26. The number of fused-ring (bicyclic) bond motifs is 1. The zero-order valence-electron chi connectivity index (χ0n) is 16.9. The van der Waals surface area contributed by atoms with Gasteiger partial charge in [0.25, 0.3) is 11.6 Å². The number of carbonyl (C=O) groups excluding carboxylic acids is 2. The van der Waals surface area contributed by atoms with Gasteiger partial charge in [0.2, 0.25) is 0 Å². The number of amides is 1. The lowest BCUT2D eigenvalue weighted by Gasteiger charge is -2.35. The number of nitro groups is 1. The Morgan fingerprint density at radius 2 is 1.97 bits per heavy atom. The van der Waals surface area contributed by atoms with Gasteiger partial charge >= 0.3 is 5.97 Å². The number of carbonyl (C=O) groups is 2. The summed E-state index contributed by atoms with van der Waals surface area (Å²) in [5.74, 6) is 0.149. The minimum atomic E-state index is -0.473. The molecule has 1 amide bonds. The number of non-ortho nitro benzene ring substituents is 1.